The molecule has 2 heterocycles. The zero-order valence-electron chi connectivity index (χ0n) is 10.6. The fourth-order valence-corrected chi connectivity index (χ4v) is 1.75. The number of rotatable bonds is 3. The largest absolute Gasteiger partial charge is 0.373 e. The lowest BCUT2D eigenvalue weighted by atomic mass is 10.3. The number of hydrogen-bond acceptors (Lipinski definition) is 4. The Labute approximate surface area is 116 Å². The second kappa shape index (κ2) is 5.67. The van der Waals surface area contributed by atoms with Gasteiger partial charge in [0.15, 0.2) is 0 Å². The molecule has 0 aromatic carbocycles. The lowest BCUT2D eigenvalue weighted by Gasteiger charge is -2.08. The third-order valence-electron chi connectivity index (χ3n) is 2.47. The number of pyridine rings is 2. The van der Waals surface area contributed by atoms with Crippen molar-refractivity contribution >= 4 is 29.0 Å². The van der Waals surface area contributed by atoms with Gasteiger partial charge in [-0.1, -0.05) is 11.6 Å². The van der Waals surface area contributed by atoms with Crippen LogP contribution in [0.3, 0.4) is 0 Å². The zero-order valence-corrected chi connectivity index (χ0v) is 11.3. The summed E-state index contributed by atoms with van der Waals surface area (Å²) in [7, 11) is 1.73. The Morgan fingerprint density at radius 3 is 2.79 bits per heavy atom. The van der Waals surface area contributed by atoms with Crippen molar-refractivity contribution < 1.29 is 4.79 Å². The third kappa shape index (κ3) is 3.20. The van der Waals surface area contributed by atoms with Gasteiger partial charge in [-0.25, -0.2) is 4.98 Å². The number of nitrogens with zero attached hydrogens (tertiary/aromatic N) is 2. The van der Waals surface area contributed by atoms with E-state index < -0.39 is 0 Å². The van der Waals surface area contributed by atoms with Crippen LogP contribution >= 0.6 is 11.6 Å². The van der Waals surface area contributed by atoms with E-state index in [-0.39, 0.29) is 11.6 Å². The van der Waals surface area contributed by atoms with Crippen molar-refractivity contribution in [1.29, 1.82) is 0 Å². The van der Waals surface area contributed by atoms with E-state index in [0.29, 0.717) is 16.5 Å². The van der Waals surface area contributed by atoms with E-state index >= 15 is 0 Å². The molecule has 2 aromatic heterocycles. The second-order valence-electron chi connectivity index (χ2n) is 3.92. The topological polar surface area (TPSA) is 66.9 Å². The Morgan fingerprint density at radius 1 is 1.32 bits per heavy atom. The molecule has 0 aliphatic rings. The summed E-state index contributed by atoms with van der Waals surface area (Å²) in [5, 5.41) is 5.91. The SMILES string of the molecule is CNc1ccc(Cl)c(C(=O)Nc2ccnc(C)c2)n1. The molecule has 1 amide bonds. The average Bonchev–Trinajstić information content (AvgIpc) is 2.39. The van der Waals surface area contributed by atoms with Gasteiger partial charge >= 0.3 is 0 Å². The quantitative estimate of drug-likeness (QED) is 0.905. The van der Waals surface area contributed by atoms with Gasteiger partial charge < -0.3 is 10.6 Å². The molecule has 0 atom stereocenters. The monoisotopic (exact) mass is 276 g/mol. The molecule has 0 aliphatic carbocycles. The molecule has 6 heteroatoms. The minimum absolute atomic E-state index is 0.183. The van der Waals surface area contributed by atoms with Gasteiger partial charge in [-0.05, 0) is 31.2 Å². The molecule has 0 bridgehead atoms. The minimum atomic E-state index is -0.354. The zero-order chi connectivity index (χ0) is 13.8. The Bertz CT molecular complexity index is 615. The summed E-state index contributed by atoms with van der Waals surface area (Å²) in [4.78, 5) is 20.3. The van der Waals surface area contributed by atoms with E-state index in [1.165, 1.54) is 0 Å². The number of hydrogen-bond donors (Lipinski definition) is 2. The molecule has 0 saturated carbocycles. The van der Waals surface area contributed by atoms with E-state index in [4.69, 9.17) is 11.6 Å². The number of aromatic nitrogens is 2. The first-order valence-electron chi connectivity index (χ1n) is 5.68. The molecule has 19 heavy (non-hydrogen) atoms. The number of anilines is 2. The van der Waals surface area contributed by atoms with Crippen molar-refractivity contribution in [2.45, 2.75) is 6.92 Å². The highest BCUT2D eigenvalue weighted by molar-refractivity contribution is 6.34. The van der Waals surface area contributed by atoms with Crippen LogP contribution in [-0.2, 0) is 0 Å². The Hall–Kier alpha value is -2.14. The number of carbonyl (C=O) groups is 1. The highest BCUT2D eigenvalue weighted by atomic mass is 35.5. The predicted octanol–water partition coefficient (Wildman–Crippen LogP) is 2.73. The van der Waals surface area contributed by atoms with Crippen LogP contribution in [0.1, 0.15) is 16.2 Å². The molecule has 2 rings (SSSR count). The summed E-state index contributed by atoms with van der Waals surface area (Å²) < 4.78 is 0. The molecule has 0 saturated heterocycles. The van der Waals surface area contributed by atoms with Crippen molar-refractivity contribution in [1.82, 2.24) is 9.97 Å². The molecular formula is C13H13ClN4O. The third-order valence-corrected chi connectivity index (χ3v) is 2.78. The molecule has 0 unspecified atom stereocenters. The van der Waals surface area contributed by atoms with E-state index in [1.807, 2.05) is 6.92 Å². The molecule has 0 fully saturated rings. The molecule has 2 aromatic rings. The highest BCUT2D eigenvalue weighted by Crippen LogP contribution is 2.18. The number of amides is 1. The van der Waals surface area contributed by atoms with Crippen molar-refractivity contribution in [2.75, 3.05) is 17.7 Å². The van der Waals surface area contributed by atoms with Gasteiger partial charge in [0.25, 0.3) is 5.91 Å². The van der Waals surface area contributed by atoms with Crippen molar-refractivity contribution in [2.24, 2.45) is 0 Å². The maximum Gasteiger partial charge on any atom is 0.275 e. The van der Waals surface area contributed by atoms with Crippen LogP contribution in [0.15, 0.2) is 30.5 Å². The Kier molecular flexibility index (Phi) is 3.97. The normalized spacial score (nSPS) is 10.1. The summed E-state index contributed by atoms with van der Waals surface area (Å²) in [5.74, 6) is 0.230. The first-order valence-corrected chi connectivity index (χ1v) is 6.06. The van der Waals surface area contributed by atoms with Crippen LogP contribution in [0.2, 0.25) is 5.02 Å². The van der Waals surface area contributed by atoms with Crippen LogP contribution < -0.4 is 10.6 Å². The van der Waals surface area contributed by atoms with Crippen LogP contribution in [0.5, 0.6) is 0 Å². The number of nitrogens with one attached hydrogen (secondary N) is 2. The maximum atomic E-state index is 12.1. The van der Waals surface area contributed by atoms with Gasteiger partial charge in [0.2, 0.25) is 0 Å². The first kappa shape index (κ1) is 13.3. The lowest BCUT2D eigenvalue weighted by molar-refractivity contribution is 0.102. The average molecular weight is 277 g/mol. The first-order chi connectivity index (χ1) is 9.10. The Balaban J connectivity index is 2.25. The van der Waals surface area contributed by atoms with Crippen LogP contribution in [0.25, 0.3) is 0 Å². The second-order valence-corrected chi connectivity index (χ2v) is 4.32. The molecule has 0 spiro atoms. The highest BCUT2D eigenvalue weighted by Gasteiger charge is 2.13. The van der Waals surface area contributed by atoms with Gasteiger partial charge in [0.05, 0.1) is 5.02 Å². The predicted molar refractivity (Wildman–Crippen MR) is 75.7 cm³/mol. The van der Waals surface area contributed by atoms with Crippen LogP contribution in [0, 0.1) is 6.92 Å². The van der Waals surface area contributed by atoms with Crippen LogP contribution in [-0.4, -0.2) is 22.9 Å². The van der Waals surface area contributed by atoms with Gasteiger partial charge in [-0.2, -0.15) is 0 Å². The fourth-order valence-electron chi connectivity index (χ4n) is 1.55. The summed E-state index contributed by atoms with van der Waals surface area (Å²) in [5.41, 5.74) is 1.66. The van der Waals surface area contributed by atoms with E-state index in [0.717, 1.165) is 5.69 Å². The van der Waals surface area contributed by atoms with E-state index in [1.54, 1.807) is 37.5 Å². The molecular weight excluding hydrogens is 264 g/mol. The fraction of sp³-hybridized carbons (Fsp3) is 0.154. The standard InChI is InChI=1S/C13H13ClN4O/c1-8-7-9(5-6-16-8)17-13(19)12-10(14)3-4-11(15-2)18-12/h3-7H,1-2H3,(H,15,18)(H,16,17,19). The smallest absolute Gasteiger partial charge is 0.275 e. The summed E-state index contributed by atoms with van der Waals surface area (Å²) in [6.07, 6.45) is 1.63. The minimum Gasteiger partial charge on any atom is -0.373 e. The van der Waals surface area contributed by atoms with Crippen molar-refractivity contribution in [3.05, 3.63) is 46.9 Å². The Morgan fingerprint density at radius 2 is 2.11 bits per heavy atom. The van der Waals surface area contributed by atoms with Crippen LogP contribution in [0.4, 0.5) is 11.5 Å². The molecule has 0 aliphatic heterocycles. The van der Waals surface area contributed by atoms with Crippen molar-refractivity contribution in [3.63, 3.8) is 0 Å². The van der Waals surface area contributed by atoms with Crippen molar-refractivity contribution in [3.8, 4) is 0 Å². The summed E-state index contributed by atoms with van der Waals surface area (Å²) in [6, 6.07) is 6.82. The molecule has 98 valence electrons. The molecule has 5 nitrogen and oxygen atoms in total. The maximum absolute atomic E-state index is 12.1. The van der Waals surface area contributed by atoms with E-state index in [9.17, 15) is 4.79 Å². The number of carbonyl (C=O) groups excluding carboxylic acids is 1. The summed E-state index contributed by atoms with van der Waals surface area (Å²) >= 11 is 5.98. The number of aryl methyl sites for hydroxylation is 1. The van der Waals surface area contributed by atoms with Gasteiger partial charge in [0, 0.05) is 24.6 Å². The van der Waals surface area contributed by atoms with Gasteiger partial charge in [0.1, 0.15) is 11.5 Å². The van der Waals surface area contributed by atoms with Gasteiger partial charge in [-0.3, -0.25) is 9.78 Å². The summed E-state index contributed by atoms with van der Waals surface area (Å²) in [6.45, 7) is 1.85. The lowest BCUT2D eigenvalue weighted by Crippen LogP contribution is -2.15. The molecule has 0 radical (unpaired) electrons. The van der Waals surface area contributed by atoms with Gasteiger partial charge in [-0.15, -0.1) is 0 Å². The molecule has 2 N–H and O–H groups in total. The van der Waals surface area contributed by atoms with E-state index in [2.05, 4.69) is 20.6 Å². The number of halogens is 1.